The summed E-state index contributed by atoms with van der Waals surface area (Å²) in [5.41, 5.74) is 6.98. The van der Waals surface area contributed by atoms with Crippen molar-refractivity contribution in [2.75, 3.05) is 6.54 Å². The zero-order chi connectivity index (χ0) is 13.0. The second-order valence-electron chi connectivity index (χ2n) is 5.06. The van der Waals surface area contributed by atoms with Crippen LogP contribution in [0.3, 0.4) is 0 Å². The third-order valence-corrected chi connectivity index (χ3v) is 3.99. The Morgan fingerprint density at radius 3 is 2.67 bits per heavy atom. The van der Waals surface area contributed by atoms with Crippen LogP contribution in [0.25, 0.3) is 0 Å². The second kappa shape index (κ2) is 5.96. The van der Waals surface area contributed by atoms with E-state index < -0.39 is 0 Å². The predicted octanol–water partition coefficient (Wildman–Crippen LogP) is 3.22. The van der Waals surface area contributed by atoms with E-state index in [1.165, 1.54) is 12.8 Å². The third-order valence-electron chi connectivity index (χ3n) is 3.99. The van der Waals surface area contributed by atoms with Crippen molar-refractivity contribution >= 4 is 5.69 Å². The Morgan fingerprint density at radius 2 is 1.94 bits per heavy atom. The van der Waals surface area contributed by atoms with Crippen molar-refractivity contribution in [3.8, 4) is 0 Å². The maximum Gasteiger partial charge on any atom is 0.272 e. The van der Waals surface area contributed by atoms with Gasteiger partial charge in [-0.25, -0.2) is 0 Å². The molecule has 1 fully saturated rings. The quantitative estimate of drug-likeness (QED) is 0.507. The first kappa shape index (κ1) is 13.0. The first-order valence-electron chi connectivity index (χ1n) is 6.67. The highest BCUT2D eigenvalue weighted by Gasteiger charge is 2.29. The van der Waals surface area contributed by atoms with Gasteiger partial charge in [-0.1, -0.05) is 37.5 Å². The fourth-order valence-corrected chi connectivity index (χ4v) is 3.04. The van der Waals surface area contributed by atoms with Crippen LogP contribution in [0, 0.1) is 16.0 Å². The Kier molecular flexibility index (Phi) is 4.31. The van der Waals surface area contributed by atoms with E-state index in [1.54, 1.807) is 12.1 Å². The van der Waals surface area contributed by atoms with E-state index >= 15 is 0 Å². The van der Waals surface area contributed by atoms with E-state index in [0.29, 0.717) is 12.5 Å². The average molecular weight is 248 g/mol. The highest BCUT2D eigenvalue weighted by molar-refractivity contribution is 5.42. The molecular formula is C14H20N2O2. The average Bonchev–Trinajstić information content (AvgIpc) is 2.63. The van der Waals surface area contributed by atoms with Crippen LogP contribution in [-0.4, -0.2) is 11.5 Å². The van der Waals surface area contributed by atoms with Crippen LogP contribution in [0.2, 0.25) is 0 Å². The zero-order valence-electron chi connectivity index (χ0n) is 10.5. The maximum atomic E-state index is 11.1. The number of hydrogen-bond acceptors (Lipinski definition) is 3. The number of rotatable bonds is 3. The van der Waals surface area contributed by atoms with E-state index in [4.69, 9.17) is 5.73 Å². The fourth-order valence-electron chi connectivity index (χ4n) is 3.04. The minimum Gasteiger partial charge on any atom is -0.330 e. The van der Waals surface area contributed by atoms with Gasteiger partial charge in [-0.3, -0.25) is 10.1 Å². The molecule has 4 heteroatoms. The summed E-state index contributed by atoms with van der Waals surface area (Å²) < 4.78 is 0. The normalized spacial score (nSPS) is 24.5. The van der Waals surface area contributed by atoms with Crippen molar-refractivity contribution in [1.29, 1.82) is 0 Å². The SMILES string of the molecule is NCC1CCCCCC1c1ccccc1[N+](=O)[O-]. The molecule has 2 N–H and O–H groups in total. The summed E-state index contributed by atoms with van der Waals surface area (Å²) in [6, 6.07) is 7.13. The molecule has 0 amide bonds. The van der Waals surface area contributed by atoms with Gasteiger partial charge >= 0.3 is 0 Å². The lowest BCUT2D eigenvalue weighted by atomic mass is 9.82. The topological polar surface area (TPSA) is 69.2 Å². The molecule has 18 heavy (non-hydrogen) atoms. The molecule has 1 aliphatic rings. The summed E-state index contributed by atoms with van der Waals surface area (Å²) in [5, 5.41) is 11.1. The molecule has 1 saturated carbocycles. The molecule has 0 aromatic heterocycles. The summed E-state index contributed by atoms with van der Waals surface area (Å²) >= 11 is 0. The van der Waals surface area contributed by atoms with Crippen LogP contribution in [0.5, 0.6) is 0 Å². The molecular weight excluding hydrogens is 228 g/mol. The summed E-state index contributed by atoms with van der Waals surface area (Å²) in [4.78, 5) is 10.8. The van der Waals surface area contributed by atoms with E-state index in [9.17, 15) is 10.1 Å². The molecule has 0 heterocycles. The van der Waals surface area contributed by atoms with Crippen molar-refractivity contribution < 1.29 is 4.92 Å². The number of nitrogens with zero attached hydrogens (tertiary/aromatic N) is 1. The van der Waals surface area contributed by atoms with Crippen molar-refractivity contribution in [1.82, 2.24) is 0 Å². The molecule has 0 bridgehead atoms. The van der Waals surface area contributed by atoms with Gasteiger partial charge < -0.3 is 5.73 Å². The van der Waals surface area contributed by atoms with Crippen LogP contribution in [0.1, 0.15) is 43.6 Å². The monoisotopic (exact) mass is 248 g/mol. The molecule has 0 radical (unpaired) electrons. The van der Waals surface area contributed by atoms with Gasteiger partial charge in [0.1, 0.15) is 0 Å². The molecule has 2 unspecified atom stereocenters. The fraction of sp³-hybridized carbons (Fsp3) is 0.571. The van der Waals surface area contributed by atoms with Crippen LogP contribution in [0.4, 0.5) is 5.69 Å². The summed E-state index contributed by atoms with van der Waals surface area (Å²) in [5.74, 6) is 0.632. The summed E-state index contributed by atoms with van der Waals surface area (Å²) in [7, 11) is 0. The van der Waals surface area contributed by atoms with Gasteiger partial charge in [0.2, 0.25) is 0 Å². The van der Waals surface area contributed by atoms with E-state index in [2.05, 4.69) is 0 Å². The Hall–Kier alpha value is -1.42. The lowest BCUT2D eigenvalue weighted by Crippen LogP contribution is -2.21. The van der Waals surface area contributed by atoms with E-state index in [1.807, 2.05) is 12.1 Å². The molecule has 0 spiro atoms. The van der Waals surface area contributed by atoms with Crippen molar-refractivity contribution in [3.63, 3.8) is 0 Å². The van der Waals surface area contributed by atoms with Gasteiger partial charge in [-0.2, -0.15) is 0 Å². The maximum absolute atomic E-state index is 11.1. The zero-order valence-corrected chi connectivity index (χ0v) is 10.5. The van der Waals surface area contributed by atoms with Crippen LogP contribution in [-0.2, 0) is 0 Å². The number of nitro benzene ring substituents is 1. The number of nitrogens with two attached hydrogens (primary N) is 1. The van der Waals surface area contributed by atoms with Gasteiger partial charge in [0, 0.05) is 11.6 Å². The van der Waals surface area contributed by atoms with Gasteiger partial charge in [0.05, 0.1) is 4.92 Å². The largest absolute Gasteiger partial charge is 0.330 e. The van der Waals surface area contributed by atoms with Gasteiger partial charge in [0.15, 0.2) is 0 Å². The molecule has 1 aromatic carbocycles. The van der Waals surface area contributed by atoms with Crippen molar-refractivity contribution in [2.45, 2.75) is 38.0 Å². The Morgan fingerprint density at radius 1 is 1.22 bits per heavy atom. The Balaban J connectivity index is 2.35. The predicted molar refractivity (Wildman–Crippen MR) is 71.5 cm³/mol. The van der Waals surface area contributed by atoms with E-state index in [-0.39, 0.29) is 16.5 Å². The van der Waals surface area contributed by atoms with Crippen molar-refractivity contribution in [2.24, 2.45) is 11.7 Å². The molecule has 1 aliphatic carbocycles. The first-order chi connectivity index (χ1) is 8.74. The molecule has 0 aliphatic heterocycles. The molecule has 1 aromatic rings. The Bertz CT molecular complexity index is 420. The number of benzene rings is 1. The van der Waals surface area contributed by atoms with Crippen LogP contribution < -0.4 is 5.73 Å². The highest BCUT2D eigenvalue weighted by Crippen LogP contribution is 2.39. The van der Waals surface area contributed by atoms with Crippen LogP contribution in [0.15, 0.2) is 24.3 Å². The minimum absolute atomic E-state index is 0.249. The van der Waals surface area contributed by atoms with E-state index in [0.717, 1.165) is 24.8 Å². The standard InChI is InChI=1S/C14H20N2O2/c15-10-11-6-2-1-3-7-12(11)13-8-4-5-9-14(13)16(17)18/h4-5,8-9,11-12H,1-3,6-7,10,15H2. The minimum atomic E-state index is -0.270. The smallest absolute Gasteiger partial charge is 0.272 e. The highest BCUT2D eigenvalue weighted by atomic mass is 16.6. The number of nitro groups is 1. The number of hydrogen-bond donors (Lipinski definition) is 1. The van der Waals surface area contributed by atoms with Gasteiger partial charge in [-0.15, -0.1) is 0 Å². The molecule has 0 saturated heterocycles. The molecule has 2 rings (SSSR count). The second-order valence-corrected chi connectivity index (χ2v) is 5.06. The summed E-state index contributed by atoms with van der Waals surface area (Å²) in [6.45, 7) is 0.622. The van der Waals surface area contributed by atoms with Crippen LogP contribution >= 0.6 is 0 Å². The van der Waals surface area contributed by atoms with Gasteiger partial charge in [-0.05, 0) is 31.2 Å². The third kappa shape index (κ3) is 2.70. The molecule has 2 atom stereocenters. The lowest BCUT2D eigenvalue weighted by molar-refractivity contribution is -0.385. The molecule has 4 nitrogen and oxygen atoms in total. The lowest BCUT2D eigenvalue weighted by Gasteiger charge is -2.23. The first-order valence-corrected chi connectivity index (χ1v) is 6.67. The Labute approximate surface area is 107 Å². The van der Waals surface area contributed by atoms with Gasteiger partial charge in [0.25, 0.3) is 5.69 Å². The summed E-state index contributed by atoms with van der Waals surface area (Å²) in [6.07, 6.45) is 5.67. The number of para-hydroxylation sites is 1. The van der Waals surface area contributed by atoms with Crippen molar-refractivity contribution in [3.05, 3.63) is 39.9 Å². The molecule has 98 valence electrons.